The Morgan fingerprint density at radius 3 is 2.46 bits per heavy atom. The topological polar surface area (TPSA) is 75.7 Å². The first-order chi connectivity index (χ1) is 16.6. The number of nitrogens with one attached hydrogen (secondary N) is 1. The molecule has 1 N–H and O–H groups in total. The van der Waals surface area contributed by atoms with E-state index in [2.05, 4.69) is 4.72 Å². The highest BCUT2D eigenvalue weighted by Crippen LogP contribution is 2.32. The van der Waals surface area contributed by atoms with Gasteiger partial charge in [0, 0.05) is 24.3 Å². The quantitative estimate of drug-likeness (QED) is 0.500. The Labute approximate surface area is 201 Å². The van der Waals surface area contributed by atoms with Crippen molar-refractivity contribution in [3.05, 3.63) is 89.5 Å². The molecule has 1 aliphatic heterocycles. The smallest absolute Gasteiger partial charge is 0.416 e. The highest BCUT2D eigenvalue weighted by atomic mass is 32.2. The molecule has 0 saturated heterocycles. The van der Waals surface area contributed by atoms with Gasteiger partial charge in [-0.1, -0.05) is 37.3 Å². The molecule has 0 bridgehead atoms. The molecule has 1 unspecified atom stereocenters. The molecule has 0 aromatic heterocycles. The van der Waals surface area contributed by atoms with Crippen LogP contribution in [0.5, 0.6) is 5.75 Å². The van der Waals surface area contributed by atoms with Crippen LogP contribution in [0.1, 0.15) is 30.0 Å². The van der Waals surface area contributed by atoms with E-state index in [0.29, 0.717) is 23.3 Å². The number of halogens is 3. The van der Waals surface area contributed by atoms with Gasteiger partial charge < -0.3 is 9.64 Å². The Hall–Kier alpha value is -3.53. The summed E-state index contributed by atoms with van der Waals surface area (Å²) < 4.78 is 73.3. The number of amides is 1. The standard InChI is InChI=1S/C25H23F3N2O4S/c1-2-22-24(31)30(15-17-7-6-8-19(13-17)25(26,27)28)16-18-14-20(11-12-23(18)34-22)29-35(32,33)21-9-4-3-5-10-21/h3-14,22,29H,2,15-16H2,1H3. The predicted molar refractivity (Wildman–Crippen MR) is 124 cm³/mol. The van der Waals surface area contributed by atoms with Gasteiger partial charge in [0.15, 0.2) is 6.10 Å². The van der Waals surface area contributed by atoms with Crippen molar-refractivity contribution in [2.24, 2.45) is 0 Å². The maximum absolute atomic E-state index is 13.1. The van der Waals surface area contributed by atoms with E-state index >= 15 is 0 Å². The summed E-state index contributed by atoms with van der Waals surface area (Å²) in [6, 6.07) is 17.4. The zero-order valence-corrected chi connectivity index (χ0v) is 19.6. The lowest BCUT2D eigenvalue weighted by atomic mass is 10.1. The van der Waals surface area contributed by atoms with Crippen LogP contribution in [0, 0.1) is 0 Å². The number of anilines is 1. The number of benzene rings is 3. The van der Waals surface area contributed by atoms with Crippen molar-refractivity contribution in [2.45, 2.75) is 43.6 Å². The van der Waals surface area contributed by atoms with Crippen molar-refractivity contribution in [1.29, 1.82) is 0 Å². The molecule has 0 radical (unpaired) electrons. The normalized spacial score (nSPS) is 16.3. The second-order valence-electron chi connectivity index (χ2n) is 8.15. The van der Waals surface area contributed by atoms with Crippen LogP contribution in [0.4, 0.5) is 18.9 Å². The van der Waals surface area contributed by atoms with Crippen LogP contribution in [-0.4, -0.2) is 25.3 Å². The van der Waals surface area contributed by atoms with Gasteiger partial charge in [0.1, 0.15) is 5.75 Å². The van der Waals surface area contributed by atoms with E-state index in [0.717, 1.165) is 12.1 Å². The summed E-state index contributed by atoms with van der Waals surface area (Å²) in [4.78, 5) is 14.6. The molecule has 1 heterocycles. The maximum Gasteiger partial charge on any atom is 0.416 e. The SMILES string of the molecule is CCC1Oc2ccc(NS(=O)(=O)c3ccccc3)cc2CN(Cc2cccc(C(F)(F)F)c2)C1=O. The third kappa shape index (κ3) is 5.59. The van der Waals surface area contributed by atoms with E-state index in [9.17, 15) is 26.4 Å². The van der Waals surface area contributed by atoms with E-state index in [1.54, 1.807) is 43.3 Å². The van der Waals surface area contributed by atoms with E-state index in [1.807, 2.05) is 0 Å². The van der Waals surface area contributed by atoms with Gasteiger partial charge in [0.05, 0.1) is 10.5 Å². The fraction of sp³-hybridized carbons (Fsp3) is 0.240. The zero-order valence-electron chi connectivity index (χ0n) is 18.7. The second kappa shape index (κ2) is 9.61. The minimum Gasteiger partial charge on any atom is -0.480 e. The van der Waals surface area contributed by atoms with Gasteiger partial charge in [-0.05, 0) is 54.4 Å². The largest absolute Gasteiger partial charge is 0.480 e. The Balaban J connectivity index is 1.63. The molecule has 4 rings (SSSR count). The van der Waals surface area contributed by atoms with Crippen LogP contribution < -0.4 is 9.46 Å². The lowest BCUT2D eigenvalue weighted by Gasteiger charge is -2.23. The van der Waals surface area contributed by atoms with Crippen LogP contribution in [0.3, 0.4) is 0 Å². The summed E-state index contributed by atoms with van der Waals surface area (Å²) in [6.07, 6.45) is -4.95. The van der Waals surface area contributed by atoms with Crippen molar-refractivity contribution >= 4 is 21.6 Å². The molecule has 10 heteroatoms. The molecule has 0 saturated carbocycles. The average Bonchev–Trinajstić information content (AvgIpc) is 2.95. The minimum atomic E-state index is -4.49. The second-order valence-corrected chi connectivity index (χ2v) is 9.83. The zero-order chi connectivity index (χ0) is 25.2. The lowest BCUT2D eigenvalue weighted by Crippen LogP contribution is -2.38. The molecule has 0 spiro atoms. The molecular formula is C25H23F3N2O4S. The molecule has 1 atom stereocenters. The molecule has 0 aliphatic carbocycles. The minimum absolute atomic E-state index is 0.0435. The first-order valence-corrected chi connectivity index (χ1v) is 12.4. The third-order valence-electron chi connectivity index (χ3n) is 5.58. The average molecular weight is 505 g/mol. The van der Waals surface area contributed by atoms with Gasteiger partial charge in [-0.15, -0.1) is 0 Å². The Morgan fingerprint density at radius 1 is 1.03 bits per heavy atom. The van der Waals surface area contributed by atoms with Crippen LogP contribution in [0.2, 0.25) is 0 Å². The predicted octanol–water partition coefficient (Wildman–Crippen LogP) is 5.21. The third-order valence-corrected chi connectivity index (χ3v) is 6.98. The highest BCUT2D eigenvalue weighted by molar-refractivity contribution is 7.92. The number of carbonyl (C=O) groups is 1. The van der Waals surface area contributed by atoms with Crippen LogP contribution in [0.15, 0.2) is 77.7 Å². The highest BCUT2D eigenvalue weighted by Gasteiger charge is 2.32. The number of nitrogens with zero attached hydrogens (tertiary/aromatic N) is 1. The summed E-state index contributed by atoms with van der Waals surface area (Å²) in [6.45, 7) is 1.77. The fourth-order valence-corrected chi connectivity index (χ4v) is 4.91. The summed E-state index contributed by atoms with van der Waals surface area (Å²) in [5.41, 5.74) is 0.345. The van der Waals surface area contributed by atoms with Crippen LogP contribution in [0.25, 0.3) is 0 Å². The molecule has 35 heavy (non-hydrogen) atoms. The maximum atomic E-state index is 13.1. The number of sulfonamides is 1. The van der Waals surface area contributed by atoms with E-state index in [1.165, 1.54) is 29.2 Å². The molecule has 1 amide bonds. The van der Waals surface area contributed by atoms with Crippen LogP contribution >= 0.6 is 0 Å². The number of ether oxygens (including phenoxy) is 1. The summed E-state index contributed by atoms with van der Waals surface area (Å²) >= 11 is 0. The fourth-order valence-electron chi connectivity index (χ4n) is 3.84. The summed E-state index contributed by atoms with van der Waals surface area (Å²) in [5.74, 6) is 0.0620. The first kappa shape index (κ1) is 24.6. The summed E-state index contributed by atoms with van der Waals surface area (Å²) in [7, 11) is -3.83. The van der Waals surface area contributed by atoms with E-state index < -0.39 is 27.9 Å². The lowest BCUT2D eigenvalue weighted by molar-refractivity contribution is -0.139. The molecule has 184 valence electrons. The van der Waals surface area contributed by atoms with E-state index in [4.69, 9.17) is 4.74 Å². The summed E-state index contributed by atoms with van der Waals surface area (Å²) in [5, 5.41) is 0. The van der Waals surface area contributed by atoms with Gasteiger partial charge in [-0.2, -0.15) is 13.2 Å². The molecule has 6 nitrogen and oxygen atoms in total. The van der Waals surface area contributed by atoms with Crippen molar-refractivity contribution in [1.82, 2.24) is 4.90 Å². The Kier molecular flexibility index (Phi) is 6.75. The molecule has 0 fully saturated rings. The van der Waals surface area contributed by atoms with Crippen molar-refractivity contribution < 1.29 is 31.1 Å². The molecule has 1 aliphatic rings. The van der Waals surface area contributed by atoms with Crippen molar-refractivity contribution in [2.75, 3.05) is 4.72 Å². The van der Waals surface area contributed by atoms with Crippen molar-refractivity contribution in [3.63, 3.8) is 0 Å². The number of fused-ring (bicyclic) bond motifs is 1. The van der Waals surface area contributed by atoms with E-state index in [-0.39, 0.29) is 29.6 Å². The Bertz CT molecular complexity index is 1330. The molecular weight excluding hydrogens is 481 g/mol. The van der Waals surface area contributed by atoms with Gasteiger partial charge in [-0.3, -0.25) is 9.52 Å². The van der Waals surface area contributed by atoms with Gasteiger partial charge in [0.2, 0.25) is 0 Å². The van der Waals surface area contributed by atoms with Gasteiger partial charge in [-0.25, -0.2) is 8.42 Å². The van der Waals surface area contributed by atoms with Gasteiger partial charge >= 0.3 is 6.18 Å². The van der Waals surface area contributed by atoms with Crippen molar-refractivity contribution in [3.8, 4) is 5.75 Å². The number of carbonyl (C=O) groups excluding carboxylic acids is 1. The monoisotopic (exact) mass is 504 g/mol. The number of alkyl halides is 3. The Morgan fingerprint density at radius 2 is 1.77 bits per heavy atom. The molecule has 3 aromatic carbocycles. The number of rotatable bonds is 6. The van der Waals surface area contributed by atoms with Crippen LogP contribution in [-0.2, 0) is 34.1 Å². The molecule has 3 aromatic rings. The number of hydrogen-bond donors (Lipinski definition) is 1. The van der Waals surface area contributed by atoms with Gasteiger partial charge in [0.25, 0.3) is 15.9 Å². The number of hydrogen-bond acceptors (Lipinski definition) is 4. The first-order valence-electron chi connectivity index (χ1n) is 10.9.